The van der Waals surface area contributed by atoms with Crippen LogP contribution in [0.4, 0.5) is 0 Å². The van der Waals surface area contributed by atoms with Gasteiger partial charge >= 0.3 is 0 Å². The normalized spacial score (nSPS) is 10.6. The first kappa shape index (κ1) is 12.3. The van der Waals surface area contributed by atoms with E-state index in [-0.39, 0.29) is 11.0 Å². The summed E-state index contributed by atoms with van der Waals surface area (Å²) in [4.78, 5) is 28.0. The lowest BCUT2D eigenvalue weighted by molar-refractivity contribution is 0.0952. The van der Waals surface area contributed by atoms with Crippen LogP contribution in [0.1, 0.15) is 23.0 Å². The molecular weight excluding hydrogens is 232 g/mol. The van der Waals surface area contributed by atoms with E-state index in [0.717, 1.165) is 5.69 Å². The Balaban J connectivity index is 2.87. The lowest BCUT2D eigenvalue weighted by atomic mass is 10.1. The Kier molecular flexibility index (Phi) is 3.12. The van der Waals surface area contributed by atoms with Gasteiger partial charge in [0.15, 0.2) is 0 Å². The number of fused-ring (bicyclic) bond motifs is 1. The van der Waals surface area contributed by atoms with Crippen molar-refractivity contribution in [2.75, 3.05) is 0 Å². The number of nitrogens with two attached hydrogens (primary N) is 1. The van der Waals surface area contributed by atoms with Crippen LogP contribution in [0.3, 0.4) is 0 Å². The molecule has 0 bridgehead atoms. The molecule has 0 atom stereocenters. The molecular formula is C12H14N4O2. The number of nitrogen functional groups attached to an aromatic ring is 1. The number of aryl methyl sites for hydroxylation is 2. The van der Waals surface area contributed by atoms with Gasteiger partial charge in [0.05, 0.1) is 5.39 Å². The van der Waals surface area contributed by atoms with Crippen molar-refractivity contribution < 1.29 is 4.79 Å². The fourth-order valence-electron chi connectivity index (χ4n) is 1.84. The van der Waals surface area contributed by atoms with Crippen LogP contribution < -0.4 is 16.7 Å². The van der Waals surface area contributed by atoms with Gasteiger partial charge in [-0.2, -0.15) is 0 Å². The molecule has 0 radical (unpaired) electrons. The number of pyridine rings is 2. The Morgan fingerprint density at radius 1 is 1.50 bits per heavy atom. The number of aromatic nitrogens is 2. The average Bonchev–Trinajstić information content (AvgIpc) is 2.38. The first-order valence-electron chi connectivity index (χ1n) is 5.60. The Labute approximate surface area is 103 Å². The third-order valence-electron chi connectivity index (χ3n) is 2.78. The summed E-state index contributed by atoms with van der Waals surface area (Å²) < 4.78 is 1.76. The molecule has 1 amide bonds. The molecule has 94 valence electrons. The van der Waals surface area contributed by atoms with Gasteiger partial charge < -0.3 is 4.57 Å². The van der Waals surface area contributed by atoms with Gasteiger partial charge in [0.1, 0.15) is 11.2 Å². The summed E-state index contributed by atoms with van der Waals surface area (Å²) >= 11 is 0. The number of hydrazine groups is 1. The third kappa shape index (κ3) is 1.86. The van der Waals surface area contributed by atoms with Gasteiger partial charge in [-0.05, 0) is 26.0 Å². The van der Waals surface area contributed by atoms with E-state index in [0.29, 0.717) is 17.6 Å². The van der Waals surface area contributed by atoms with Crippen molar-refractivity contribution in [3.8, 4) is 0 Å². The summed E-state index contributed by atoms with van der Waals surface area (Å²) in [6, 6.07) is 3.42. The SMILES string of the molecule is CCn1cc(C(=O)NN)c(=O)c2ccc(C)nc21. The Morgan fingerprint density at radius 2 is 2.22 bits per heavy atom. The fraction of sp³-hybridized carbons (Fsp3) is 0.250. The van der Waals surface area contributed by atoms with Crippen LogP contribution >= 0.6 is 0 Å². The molecule has 6 heteroatoms. The second-order valence-electron chi connectivity index (χ2n) is 3.96. The molecule has 0 aromatic carbocycles. The van der Waals surface area contributed by atoms with Crippen molar-refractivity contribution in [3.05, 3.63) is 39.8 Å². The van der Waals surface area contributed by atoms with Gasteiger partial charge in [0, 0.05) is 18.4 Å². The van der Waals surface area contributed by atoms with Gasteiger partial charge in [-0.25, -0.2) is 10.8 Å². The zero-order valence-corrected chi connectivity index (χ0v) is 10.2. The lowest BCUT2D eigenvalue weighted by Crippen LogP contribution is -2.34. The van der Waals surface area contributed by atoms with E-state index in [1.807, 2.05) is 19.3 Å². The van der Waals surface area contributed by atoms with E-state index in [1.54, 1.807) is 16.7 Å². The van der Waals surface area contributed by atoms with Gasteiger partial charge in [-0.15, -0.1) is 0 Å². The Morgan fingerprint density at radius 3 is 2.83 bits per heavy atom. The quantitative estimate of drug-likeness (QED) is 0.454. The number of nitrogens with zero attached hydrogens (tertiary/aromatic N) is 2. The maximum atomic E-state index is 12.1. The molecule has 18 heavy (non-hydrogen) atoms. The van der Waals surface area contributed by atoms with E-state index in [1.165, 1.54) is 6.20 Å². The molecule has 2 aromatic rings. The largest absolute Gasteiger partial charge is 0.332 e. The molecule has 2 rings (SSSR count). The second-order valence-corrected chi connectivity index (χ2v) is 3.96. The van der Waals surface area contributed by atoms with Crippen LogP contribution in [0.5, 0.6) is 0 Å². The molecule has 0 saturated carbocycles. The van der Waals surface area contributed by atoms with Crippen molar-refractivity contribution in [2.45, 2.75) is 20.4 Å². The Hall–Kier alpha value is -2.21. The van der Waals surface area contributed by atoms with Crippen LogP contribution in [0.15, 0.2) is 23.1 Å². The van der Waals surface area contributed by atoms with E-state index in [4.69, 9.17) is 5.84 Å². The minimum atomic E-state index is -0.593. The Bertz CT molecular complexity index is 676. The summed E-state index contributed by atoms with van der Waals surface area (Å²) in [7, 11) is 0. The number of amides is 1. The minimum absolute atomic E-state index is 0.0255. The number of hydrogen-bond donors (Lipinski definition) is 2. The second kappa shape index (κ2) is 4.58. The molecule has 2 aromatic heterocycles. The first-order valence-corrected chi connectivity index (χ1v) is 5.60. The zero-order valence-electron chi connectivity index (χ0n) is 10.2. The summed E-state index contributed by atoms with van der Waals surface area (Å²) in [5.41, 5.74) is 3.05. The molecule has 0 aliphatic heterocycles. The van der Waals surface area contributed by atoms with Gasteiger partial charge in [-0.1, -0.05) is 0 Å². The standard InChI is InChI=1S/C12H14N4O2/c1-3-16-6-9(12(18)15-13)10(17)8-5-4-7(2)14-11(8)16/h4-6H,3,13H2,1-2H3,(H,15,18). The van der Waals surface area contributed by atoms with E-state index in [2.05, 4.69) is 4.98 Å². The molecule has 2 heterocycles. The highest BCUT2D eigenvalue weighted by Gasteiger charge is 2.14. The van der Waals surface area contributed by atoms with Crippen LogP contribution in [0.2, 0.25) is 0 Å². The molecule has 0 unspecified atom stereocenters. The average molecular weight is 246 g/mol. The summed E-state index contributed by atoms with van der Waals surface area (Å²) in [6.45, 7) is 4.38. The first-order chi connectivity index (χ1) is 8.58. The molecule has 0 saturated heterocycles. The van der Waals surface area contributed by atoms with Crippen LogP contribution in [0, 0.1) is 6.92 Å². The van der Waals surface area contributed by atoms with Crippen LogP contribution in [-0.2, 0) is 6.54 Å². The van der Waals surface area contributed by atoms with E-state index in [9.17, 15) is 9.59 Å². The molecule has 3 N–H and O–H groups in total. The molecule has 0 spiro atoms. The molecule has 0 fully saturated rings. The number of nitrogens with one attached hydrogen (secondary N) is 1. The molecule has 0 aliphatic rings. The number of hydrogen-bond acceptors (Lipinski definition) is 4. The zero-order chi connectivity index (χ0) is 13.3. The third-order valence-corrected chi connectivity index (χ3v) is 2.78. The van der Waals surface area contributed by atoms with Crippen LogP contribution in [-0.4, -0.2) is 15.5 Å². The summed E-state index contributed by atoms with van der Waals surface area (Å²) in [5, 5.41) is 0.420. The smallest absolute Gasteiger partial charge is 0.270 e. The van der Waals surface area contributed by atoms with Crippen molar-refractivity contribution in [1.82, 2.24) is 15.0 Å². The van der Waals surface area contributed by atoms with Crippen molar-refractivity contribution in [3.63, 3.8) is 0 Å². The predicted molar refractivity (Wildman–Crippen MR) is 68.1 cm³/mol. The monoisotopic (exact) mass is 246 g/mol. The van der Waals surface area contributed by atoms with Gasteiger partial charge in [-0.3, -0.25) is 15.0 Å². The predicted octanol–water partition coefficient (Wildman–Crippen LogP) is 0.328. The highest BCUT2D eigenvalue weighted by atomic mass is 16.2. The summed E-state index contributed by atoms with van der Waals surface area (Å²) in [5.74, 6) is 4.48. The molecule has 0 aliphatic carbocycles. The van der Waals surface area contributed by atoms with E-state index < -0.39 is 5.91 Å². The lowest BCUT2D eigenvalue weighted by Gasteiger charge is -2.10. The maximum Gasteiger partial charge on any atom is 0.270 e. The molecule has 6 nitrogen and oxygen atoms in total. The van der Waals surface area contributed by atoms with Crippen molar-refractivity contribution in [1.29, 1.82) is 0 Å². The highest BCUT2D eigenvalue weighted by Crippen LogP contribution is 2.10. The fourth-order valence-corrected chi connectivity index (χ4v) is 1.84. The van der Waals surface area contributed by atoms with Crippen molar-refractivity contribution in [2.24, 2.45) is 5.84 Å². The highest BCUT2D eigenvalue weighted by molar-refractivity contribution is 5.96. The van der Waals surface area contributed by atoms with Crippen LogP contribution in [0.25, 0.3) is 11.0 Å². The number of rotatable bonds is 2. The number of carbonyl (C=O) groups is 1. The van der Waals surface area contributed by atoms with Crippen molar-refractivity contribution >= 4 is 16.9 Å². The summed E-state index contributed by atoms with van der Waals surface area (Å²) in [6.07, 6.45) is 1.49. The minimum Gasteiger partial charge on any atom is -0.332 e. The van der Waals surface area contributed by atoms with Gasteiger partial charge in [0.2, 0.25) is 5.43 Å². The topological polar surface area (TPSA) is 90.0 Å². The van der Waals surface area contributed by atoms with Gasteiger partial charge in [0.25, 0.3) is 5.91 Å². The number of carbonyl (C=O) groups excluding carboxylic acids is 1. The van der Waals surface area contributed by atoms with E-state index >= 15 is 0 Å². The maximum absolute atomic E-state index is 12.1.